The SMILES string of the molecule is CCC(C)NC(=O)CN1C(=O)C(CC(=O)O)Oc2ccc(Cl)cc21. The summed E-state index contributed by atoms with van der Waals surface area (Å²) in [5.41, 5.74) is 0.355. The molecule has 1 aliphatic heterocycles. The molecule has 1 aromatic rings. The molecule has 2 N–H and O–H groups in total. The van der Waals surface area contributed by atoms with E-state index in [4.69, 9.17) is 21.4 Å². The second-order valence-corrected chi connectivity index (χ2v) is 6.05. The zero-order valence-electron chi connectivity index (χ0n) is 13.4. The highest BCUT2D eigenvalue weighted by molar-refractivity contribution is 6.31. The summed E-state index contributed by atoms with van der Waals surface area (Å²) in [6.45, 7) is 3.57. The third-order valence-corrected chi connectivity index (χ3v) is 3.94. The zero-order chi connectivity index (χ0) is 17.9. The standard InChI is InChI=1S/C16H19ClN2O5/c1-3-9(2)18-14(20)8-19-11-6-10(17)4-5-12(11)24-13(16(19)23)7-15(21)22/h4-6,9,13H,3,7-8H2,1-2H3,(H,18,20)(H,21,22). The predicted octanol–water partition coefficient (Wildman–Crippen LogP) is 1.82. The third-order valence-electron chi connectivity index (χ3n) is 3.70. The summed E-state index contributed by atoms with van der Waals surface area (Å²) in [4.78, 5) is 36.9. The molecular weight excluding hydrogens is 336 g/mol. The molecule has 130 valence electrons. The monoisotopic (exact) mass is 354 g/mol. The van der Waals surface area contributed by atoms with Crippen molar-refractivity contribution in [1.82, 2.24) is 5.32 Å². The first-order valence-corrected chi connectivity index (χ1v) is 7.98. The lowest BCUT2D eigenvalue weighted by Gasteiger charge is -2.33. The fraction of sp³-hybridized carbons (Fsp3) is 0.438. The maximum atomic E-state index is 12.5. The number of nitrogens with zero attached hydrogens (tertiary/aromatic N) is 1. The Morgan fingerprint density at radius 3 is 2.79 bits per heavy atom. The molecule has 24 heavy (non-hydrogen) atoms. The molecule has 1 heterocycles. The molecule has 0 spiro atoms. The molecule has 2 unspecified atom stereocenters. The summed E-state index contributed by atoms with van der Waals surface area (Å²) < 4.78 is 5.46. The van der Waals surface area contributed by atoms with Gasteiger partial charge in [0.05, 0.1) is 12.1 Å². The second-order valence-electron chi connectivity index (χ2n) is 5.62. The van der Waals surface area contributed by atoms with Gasteiger partial charge in [0.15, 0.2) is 6.10 Å². The van der Waals surface area contributed by atoms with Crippen molar-refractivity contribution < 1.29 is 24.2 Å². The Labute approximate surface area is 144 Å². The minimum Gasteiger partial charge on any atom is -0.481 e. The smallest absolute Gasteiger partial charge is 0.307 e. The lowest BCUT2D eigenvalue weighted by molar-refractivity contribution is -0.142. The molecule has 1 aromatic carbocycles. The van der Waals surface area contributed by atoms with Crippen molar-refractivity contribution >= 4 is 35.1 Å². The van der Waals surface area contributed by atoms with Crippen LogP contribution >= 0.6 is 11.6 Å². The second kappa shape index (κ2) is 7.53. The molecular formula is C16H19ClN2O5. The molecule has 7 nitrogen and oxygen atoms in total. The van der Waals surface area contributed by atoms with Crippen LogP contribution in [0.2, 0.25) is 5.02 Å². The fourth-order valence-corrected chi connectivity index (χ4v) is 2.48. The first-order chi connectivity index (χ1) is 11.3. The molecule has 0 fully saturated rings. The first-order valence-electron chi connectivity index (χ1n) is 7.60. The summed E-state index contributed by atoms with van der Waals surface area (Å²) in [5, 5.41) is 12.1. The largest absolute Gasteiger partial charge is 0.481 e. The van der Waals surface area contributed by atoms with Crippen molar-refractivity contribution in [2.75, 3.05) is 11.4 Å². The number of rotatable bonds is 6. The van der Waals surface area contributed by atoms with E-state index in [1.807, 2.05) is 13.8 Å². The average molecular weight is 355 g/mol. The Morgan fingerprint density at radius 1 is 1.46 bits per heavy atom. The van der Waals surface area contributed by atoms with Crippen LogP contribution in [0.15, 0.2) is 18.2 Å². The van der Waals surface area contributed by atoms with Crippen LogP contribution in [-0.2, 0) is 14.4 Å². The van der Waals surface area contributed by atoms with Crippen molar-refractivity contribution in [3.63, 3.8) is 0 Å². The number of carboxylic acid groups (broad SMARTS) is 1. The summed E-state index contributed by atoms with van der Waals surface area (Å²) in [6, 6.07) is 4.62. The van der Waals surface area contributed by atoms with Gasteiger partial charge in [-0.05, 0) is 31.5 Å². The lowest BCUT2D eigenvalue weighted by atomic mass is 10.1. The minimum absolute atomic E-state index is 0.0257. The molecule has 2 amide bonds. The van der Waals surface area contributed by atoms with Gasteiger partial charge in [-0.2, -0.15) is 0 Å². The van der Waals surface area contributed by atoms with Gasteiger partial charge < -0.3 is 15.2 Å². The van der Waals surface area contributed by atoms with Gasteiger partial charge in [-0.25, -0.2) is 0 Å². The van der Waals surface area contributed by atoms with E-state index in [9.17, 15) is 14.4 Å². The number of nitrogens with one attached hydrogen (secondary N) is 1. The van der Waals surface area contributed by atoms with E-state index >= 15 is 0 Å². The van der Waals surface area contributed by atoms with Crippen molar-refractivity contribution in [1.29, 1.82) is 0 Å². The highest BCUT2D eigenvalue weighted by Crippen LogP contribution is 2.36. The Kier molecular flexibility index (Phi) is 5.66. The number of benzene rings is 1. The van der Waals surface area contributed by atoms with E-state index in [-0.39, 0.29) is 18.5 Å². The lowest BCUT2D eigenvalue weighted by Crippen LogP contribution is -2.51. The molecule has 2 rings (SSSR count). The molecule has 0 bridgehead atoms. The minimum atomic E-state index is -1.17. The van der Waals surface area contributed by atoms with E-state index in [0.29, 0.717) is 16.5 Å². The predicted molar refractivity (Wildman–Crippen MR) is 88.4 cm³/mol. The number of carbonyl (C=O) groups is 3. The van der Waals surface area contributed by atoms with Crippen LogP contribution < -0.4 is 15.0 Å². The number of aliphatic carboxylic acids is 1. The highest BCUT2D eigenvalue weighted by atomic mass is 35.5. The van der Waals surface area contributed by atoms with Crippen LogP contribution in [-0.4, -0.2) is 41.6 Å². The maximum Gasteiger partial charge on any atom is 0.307 e. The Balaban J connectivity index is 2.28. The first kappa shape index (κ1) is 18.1. The average Bonchev–Trinajstić information content (AvgIpc) is 2.51. The number of amides is 2. The van der Waals surface area contributed by atoms with E-state index in [1.165, 1.54) is 11.0 Å². The van der Waals surface area contributed by atoms with Gasteiger partial charge in [-0.3, -0.25) is 19.3 Å². The Bertz CT molecular complexity index is 664. The van der Waals surface area contributed by atoms with Crippen LogP contribution in [0.25, 0.3) is 0 Å². The Morgan fingerprint density at radius 2 is 2.17 bits per heavy atom. The number of carboxylic acids is 1. The van der Waals surface area contributed by atoms with Crippen molar-refractivity contribution in [2.45, 2.75) is 38.8 Å². The summed E-state index contributed by atoms with van der Waals surface area (Å²) >= 11 is 5.97. The van der Waals surface area contributed by atoms with Crippen LogP contribution in [0.4, 0.5) is 5.69 Å². The summed E-state index contributed by atoms with van der Waals surface area (Å²) in [6.07, 6.45) is -0.899. The molecule has 0 aliphatic carbocycles. The van der Waals surface area contributed by atoms with E-state index < -0.39 is 24.4 Å². The van der Waals surface area contributed by atoms with Crippen molar-refractivity contribution in [3.8, 4) is 5.75 Å². The quantitative estimate of drug-likeness (QED) is 0.812. The fourth-order valence-electron chi connectivity index (χ4n) is 2.31. The van der Waals surface area contributed by atoms with Crippen molar-refractivity contribution in [2.24, 2.45) is 0 Å². The number of hydrogen-bond acceptors (Lipinski definition) is 4. The molecule has 2 atom stereocenters. The topological polar surface area (TPSA) is 95.9 Å². The number of ether oxygens (including phenoxy) is 1. The van der Waals surface area contributed by atoms with Crippen LogP contribution in [0, 0.1) is 0 Å². The molecule has 0 radical (unpaired) electrons. The molecule has 0 saturated heterocycles. The van der Waals surface area contributed by atoms with E-state index in [2.05, 4.69) is 5.32 Å². The summed E-state index contributed by atoms with van der Waals surface area (Å²) in [5.74, 6) is -1.75. The molecule has 0 saturated carbocycles. The number of hydrogen-bond donors (Lipinski definition) is 2. The van der Waals surface area contributed by atoms with Crippen LogP contribution in [0.5, 0.6) is 5.75 Å². The highest BCUT2D eigenvalue weighted by Gasteiger charge is 2.37. The van der Waals surface area contributed by atoms with Gasteiger partial charge in [-0.1, -0.05) is 18.5 Å². The number of fused-ring (bicyclic) bond motifs is 1. The summed E-state index contributed by atoms with van der Waals surface area (Å²) in [7, 11) is 0. The van der Waals surface area contributed by atoms with Gasteiger partial charge in [0.25, 0.3) is 5.91 Å². The zero-order valence-corrected chi connectivity index (χ0v) is 14.2. The number of halogens is 1. The van der Waals surface area contributed by atoms with Gasteiger partial charge in [0.1, 0.15) is 12.3 Å². The van der Waals surface area contributed by atoms with E-state index in [1.54, 1.807) is 12.1 Å². The Hall–Kier alpha value is -2.28. The molecule has 1 aliphatic rings. The normalized spacial score (nSPS) is 17.7. The van der Waals surface area contributed by atoms with Crippen molar-refractivity contribution in [3.05, 3.63) is 23.2 Å². The van der Waals surface area contributed by atoms with Gasteiger partial charge in [0, 0.05) is 11.1 Å². The van der Waals surface area contributed by atoms with Crippen LogP contribution in [0.3, 0.4) is 0 Å². The van der Waals surface area contributed by atoms with E-state index in [0.717, 1.165) is 6.42 Å². The maximum absolute atomic E-state index is 12.5. The third kappa shape index (κ3) is 4.17. The van der Waals surface area contributed by atoms with Gasteiger partial charge in [-0.15, -0.1) is 0 Å². The molecule has 0 aromatic heterocycles. The van der Waals surface area contributed by atoms with Gasteiger partial charge >= 0.3 is 5.97 Å². The van der Waals surface area contributed by atoms with Gasteiger partial charge in [0.2, 0.25) is 5.91 Å². The van der Waals surface area contributed by atoms with Crippen LogP contribution in [0.1, 0.15) is 26.7 Å². The number of carbonyl (C=O) groups excluding carboxylic acids is 2. The number of anilines is 1. The molecule has 8 heteroatoms.